The molecule has 2 N–H and O–H groups in total. The number of allylic oxidation sites excluding steroid dienone is 1. The highest BCUT2D eigenvalue weighted by molar-refractivity contribution is 6.06. The summed E-state index contributed by atoms with van der Waals surface area (Å²) in [7, 11) is 1.54. The smallest absolute Gasteiger partial charge is 0.325 e. The highest BCUT2D eigenvalue weighted by Gasteiger charge is 2.44. The van der Waals surface area contributed by atoms with Crippen LogP contribution in [0.2, 0.25) is 0 Å². The molecule has 1 unspecified atom stereocenters. The van der Waals surface area contributed by atoms with Crippen LogP contribution < -0.4 is 14.8 Å². The van der Waals surface area contributed by atoms with Gasteiger partial charge in [0.2, 0.25) is 0 Å². The van der Waals surface area contributed by atoms with Crippen molar-refractivity contribution < 1.29 is 24.2 Å². The number of rotatable bonds is 7. The van der Waals surface area contributed by atoms with Gasteiger partial charge in [-0.05, 0) is 38.5 Å². The second kappa shape index (κ2) is 7.57. The summed E-state index contributed by atoms with van der Waals surface area (Å²) < 4.78 is 10.9. The van der Waals surface area contributed by atoms with Crippen molar-refractivity contribution in [3.63, 3.8) is 0 Å². The first-order valence-corrected chi connectivity index (χ1v) is 8.04. The second-order valence-electron chi connectivity index (χ2n) is 6.35. The number of methoxy groups -OCH3 is 1. The van der Waals surface area contributed by atoms with Crippen LogP contribution >= 0.6 is 0 Å². The van der Waals surface area contributed by atoms with Gasteiger partial charge in [0.15, 0.2) is 11.5 Å². The van der Waals surface area contributed by atoms with E-state index < -0.39 is 17.7 Å². The zero-order valence-corrected chi connectivity index (χ0v) is 14.9. The van der Waals surface area contributed by atoms with Crippen molar-refractivity contribution in [1.29, 1.82) is 0 Å². The Morgan fingerprint density at radius 1 is 1.32 bits per heavy atom. The molecule has 0 bridgehead atoms. The number of aliphatic hydroxyl groups excluding tert-OH is 1. The van der Waals surface area contributed by atoms with E-state index in [4.69, 9.17) is 9.47 Å². The Labute approximate surface area is 147 Å². The number of aliphatic hydroxyl groups is 1. The molecule has 1 aliphatic rings. The van der Waals surface area contributed by atoms with E-state index in [2.05, 4.69) is 5.32 Å². The number of ether oxygens (including phenoxy) is 2. The van der Waals surface area contributed by atoms with E-state index >= 15 is 0 Å². The fourth-order valence-electron chi connectivity index (χ4n) is 2.53. The lowest BCUT2D eigenvalue weighted by Crippen LogP contribution is -2.42. The molecular formula is C18H24N2O5. The maximum atomic E-state index is 12.1. The molecule has 7 heteroatoms. The van der Waals surface area contributed by atoms with Crippen LogP contribution in [0.15, 0.2) is 24.3 Å². The zero-order valence-electron chi connectivity index (χ0n) is 14.9. The molecule has 0 aromatic heterocycles. The molecule has 136 valence electrons. The summed E-state index contributed by atoms with van der Waals surface area (Å²) in [5, 5.41) is 12.7. The summed E-state index contributed by atoms with van der Waals surface area (Å²) >= 11 is 0. The lowest BCUT2D eigenvalue weighted by molar-refractivity contribution is -0.131. The summed E-state index contributed by atoms with van der Waals surface area (Å²) in [6.07, 6.45) is 2.84. The Hall–Kier alpha value is -2.54. The fraction of sp³-hybridized carbons (Fsp3) is 0.444. The lowest BCUT2D eigenvalue weighted by Gasteiger charge is -2.20. The van der Waals surface area contributed by atoms with Gasteiger partial charge in [-0.1, -0.05) is 18.2 Å². The minimum absolute atomic E-state index is 0.0726. The van der Waals surface area contributed by atoms with Gasteiger partial charge in [0.25, 0.3) is 5.91 Å². The molecule has 1 heterocycles. The number of nitrogens with one attached hydrogen (secondary N) is 1. The maximum Gasteiger partial charge on any atom is 0.325 e. The second-order valence-corrected chi connectivity index (χ2v) is 6.35. The Balaban J connectivity index is 1.97. The average Bonchev–Trinajstić information content (AvgIpc) is 2.75. The van der Waals surface area contributed by atoms with Crippen LogP contribution in [0.1, 0.15) is 26.3 Å². The molecule has 25 heavy (non-hydrogen) atoms. The third kappa shape index (κ3) is 4.30. The van der Waals surface area contributed by atoms with E-state index in [9.17, 15) is 14.7 Å². The molecule has 1 atom stereocenters. The van der Waals surface area contributed by atoms with Gasteiger partial charge in [-0.2, -0.15) is 0 Å². The number of urea groups is 1. The van der Waals surface area contributed by atoms with Crippen molar-refractivity contribution in [1.82, 2.24) is 10.2 Å². The van der Waals surface area contributed by atoms with Crippen LogP contribution in [-0.4, -0.2) is 53.8 Å². The highest BCUT2D eigenvalue weighted by atomic mass is 16.5. The van der Waals surface area contributed by atoms with Crippen molar-refractivity contribution in [3.05, 3.63) is 29.8 Å². The summed E-state index contributed by atoms with van der Waals surface area (Å²) in [5.74, 6) is 0.649. The van der Waals surface area contributed by atoms with E-state index in [0.29, 0.717) is 11.5 Å². The molecular weight excluding hydrogens is 324 g/mol. The number of carbonyl (C=O) groups is 2. The van der Waals surface area contributed by atoms with E-state index in [-0.39, 0.29) is 19.1 Å². The number of hydrogen-bond acceptors (Lipinski definition) is 5. The van der Waals surface area contributed by atoms with E-state index in [0.717, 1.165) is 10.5 Å². The lowest BCUT2D eigenvalue weighted by atomic mass is 10.1. The predicted molar refractivity (Wildman–Crippen MR) is 93.5 cm³/mol. The van der Waals surface area contributed by atoms with Crippen molar-refractivity contribution in [2.75, 3.05) is 20.3 Å². The first-order valence-electron chi connectivity index (χ1n) is 8.04. The van der Waals surface area contributed by atoms with Gasteiger partial charge in [0.1, 0.15) is 18.2 Å². The van der Waals surface area contributed by atoms with Gasteiger partial charge in [-0.3, -0.25) is 9.69 Å². The third-order valence-electron chi connectivity index (χ3n) is 3.82. The predicted octanol–water partition coefficient (Wildman–Crippen LogP) is 1.80. The Morgan fingerprint density at radius 3 is 2.60 bits per heavy atom. The number of hydrogen-bond donors (Lipinski definition) is 2. The molecule has 1 aliphatic heterocycles. The number of amides is 3. The minimum atomic E-state index is -1.01. The summed E-state index contributed by atoms with van der Waals surface area (Å²) in [6, 6.07) is 4.92. The van der Waals surface area contributed by atoms with Gasteiger partial charge in [-0.25, -0.2) is 4.79 Å². The maximum absolute atomic E-state index is 12.1. The molecule has 1 saturated heterocycles. The standard InChI is InChI=1S/C18H24N2O5/c1-5-6-12-7-8-14(15(9-12)24-4)25-11-13(21)10-20-16(22)18(2,3)19-17(20)23/h5-9,13,21H,10-11H2,1-4H3,(H,19,23)/b6-5+. The fourth-order valence-corrected chi connectivity index (χ4v) is 2.53. The van der Waals surface area contributed by atoms with Crippen LogP contribution in [0.3, 0.4) is 0 Å². The molecule has 0 radical (unpaired) electrons. The van der Waals surface area contributed by atoms with Gasteiger partial charge in [0, 0.05) is 0 Å². The number of nitrogens with zero attached hydrogens (tertiary/aromatic N) is 1. The number of imide groups is 1. The Kier molecular flexibility index (Phi) is 5.69. The van der Waals surface area contributed by atoms with Crippen LogP contribution in [-0.2, 0) is 4.79 Å². The molecule has 0 saturated carbocycles. The summed E-state index contributed by atoms with van der Waals surface area (Å²) in [6.45, 7) is 4.95. The quantitative estimate of drug-likeness (QED) is 0.734. The van der Waals surface area contributed by atoms with Crippen LogP contribution in [0.5, 0.6) is 11.5 Å². The van der Waals surface area contributed by atoms with E-state index in [1.807, 2.05) is 31.2 Å². The van der Waals surface area contributed by atoms with E-state index in [1.165, 1.54) is 7.11 Å². The number of carbonyl (C=O) groups excluding carboxylic acids is 2. The molecule has 3 amide bonds. The molecule has 0 aliphatic carbocycles. The van der Waals surface area contributed by atoms with Crippen LogP contribution in [0.25, 0.3) is 6.08 Å². The third-order valence-corrected chi connectivity index (χ3v) is 3.82. The first kappa shape index (κ1) is 18.8. The first-order chi connectivity index (χ1) is 11.8. The van der Waals surface area contributed by atoms with Crippen LogP contribution in [0, 0.1) is 0 Å². The number of benzene rings is 1. The van der Waals surface area contributed by atoms with Crippen molar-refractivity contribution in [3.8, 4) is 11.5 Å². The van der Waals surface area contributed by atoms with Gasteiger partial charge in [0.05, 0.1) is 13.7 Å². The zero-order chi connectivity index (χ0) is 18.6. The largest absolute Gasteiger partial charge is 0.493 e. The topological polar surface area (TPSA) is 88.1 Å². The summed E-state index contributed by atoms with van der Waals surface area (Å²) in [4.78, 5) is 24.9. The van der Waals surface area contributed by atoms with E-state index in [1.54, 1.807) is 19.9 Å². The normalized spacial score (nSPS) is 17.7. The van der Waals surface area contributed by atoms with Crippen LogP contribution in [0.4, 0.5) is 4.79 Å². The Bertz CT molecular complexity index is 684. The van der Waals surface area contributed by atoms with Crippen molar-refractivity contribution in [2.45, 2.75) is 32.4 Å². The molecule has 2 rings (SSSR count). The van der Waals surface area contributed by atoms with Crippen molar-refractivity contribution >= 4 is 18.0 Å². The van der Waals surface area contributed by atoms with Crippen molar-refractivity contribution in [2.24, 2.45) is 0 Å². The average molecular weight is 348 g/mol. The molecule has 7 nitrogen and oxygen atoms in total. The van der Waals surface area contributed by atoms with Gasteiger partial charge in [-0.15, -0.1) is 0 Å². The highest BCUT2D eigenvalue weighted by Crippen LogP contribution is 2.28. The van der Waals surface area contributed by atoms with Gasteiger partial charge >= 0.3 is 6.03 Å². The number of β-amino-alcohol motifs (C(OH)–C–C–N with tert-alkyl or cyclic N) is 1. The molecule has 1 aromatic rings. The minimum Gasteiger partial charge on any atom is -0.493 e. The molecule has 1 fully saturated rings. The van der Waals surface area contributed by atoms with Gasteiger partial charge < -0.3 is 19.9 Å². The molecule has 0 spiro atoms. The molecule has 1 aromatic carbocycles. The SMILES string of the molecule is C/C=C/c1ccc(OCC(O)CN2C(=O)NC(C)(C)C2=O)c(OC)c1. The Morgan fingerprint density at radius 2 is 2.04 bits per heavy atom. The monoisotopic (exact) mass is 348 g/mol. The summed E-state index contributed by atoms with van der Waals surface area (Å²) in [5.41, 5.74) is 0.0116.